The summed E-state index contributed by atoms with van der Waals surface area (Å²) in [6.45, 7) is 4.98. The first-order valence-electron chi connectivity index (χ1n) is 11.1. The molecule has 0 radical (unpaired) electrons. The van der Waals surface area contributed by atoms with Crippen LogP contribution in [-0.4, -0.2) is 57.2 Å². The molecule has 1 aliphatic heterocycles. The summed E-state index contributed by atoms with van der Waals surface area (Å²) in [6.07, 6.45) is 1.77. The summed E-state index contributed by atoms with van der Waals surface area (Å²) in [5, 5.41) is 23.9. The number of nitrogens with zero attached hydrogens (tertiary/aromatic N) is 5. The van der Waals surface area contributed by atoms with Crippen molar-refractivity contribution in [1.29, 1.82) is 0 Å². The molecule has 0 bridgehead atoms. The number of urea groups is 1. The van der Waals surface area contributed by atoms with Gasteiger partial charge in [0, 0.05) is 44.5 Å². The van der Waals surface area contributed by atoms with E-state index in [1.54, 1.807) is 16.9 Å². The van der Waals surface area contributed by atoms with E-state index >= 15 is 0 Å². The predicted molar refractivity (Wildman–Crippen MR) is 128 cm³/mol. The number of nitrogens with one attached hydrogen (secondary N) is 1. The summed E-state index contributed by atoms with van der Waals surface area (Å²) in [5.41, 5.74) is 3.40. The van der Waals surface area contributed by atoms with Crippen LogP contribution in [0.5, 0.6) is 5.75 Å². The quantitative estimate of drug-likeness (QED) is 0.506. The van der Waals surface area contributed by atoms with E-state index in [-0.39, 0.29) is 11.8 Å². The highest BCUT2D eigenvalue weighted by atomic mass is 16.3. The number of benzene rings is 3. The molecule has 33 heavy (non-hydrogen) atoms. The van der Waals surface area contributed by atoms with E-state index in [4.69, 9.17) is 0 Å². The van der Waals surface area contributed by atoms with Gasteiger partial charge in [-0.05, 0) is 35.4 Å². The minimum Gasteiger partial charge on any atom is -0.506 e. The number of aromatic hydroxyl groups is 1. The number of fused-ring (bicyclic) bond motifs is 1. The number of hydrogen-bond acceptors (Lipinski definition) is 5. The summed E-state index contributed by atoms with van der Waals surface area (Å²) in [6, 6.07) is 19.8. The number of aryl methyl sites for hydroxylation is 1. The zero-order valence-corrected chi connectivity index (χ0v) is 18.5. The molecule has 8 heteroatoms. The van der Waals surface area contributed by atoms with E-state index in [0.717, 1.165) is 22.3 Å². The lowest BCUT2D eigenvalue weighted by molar-refractivity contribution is 0.194. The van der Waals surface area contributed by atoms with Crippen molar-refractivity contribution in [2.45, 2.75) is 13.5 Å². The highest BCUT2D eigenvalue weighted by Gasteiger charge is 2.22. The fourth-order valence-electron chi connectivity index (χ4n) is 4.26. The van der Waals surface area contributed by atoms with Gasteiger partial charge in [0.25, 0.3) is 0 Å². The topological polar surface area (TPSA) is 86.5 Å². The molecule has 4 aromatic rings. The molecule has 0 unspecified atom stereocenters. The van der Waals surface area contributed by atoms with Gasteiger partial charge in [0.2, 0.25) is 0 Å². The molecule has 0 aliphatic carbocycles. The van der Waals surface area contributed by atoms with Gasteiger partial charge in [-0.15, -0.1) is 5.10 Å². The van der Waals surface area contributed by atoms with Crippen molar-refractivity contribution in [3.05, 3.63) is 78.1 Å². The highest BCUT2D eigenvalue weighted by molar-refractivity contribution is 5.86. The lowest BCUT2D eigenvalue weighted by atomic mass is 10.0. The number of anilines is 1. The summed E-state index contributed by atoms with van der Waals surface area (Å²) in [5.74, 6) is 0.146. The smallest absolute Gasteiger partial charge is 0.317 e. The predicted octanol–water partition coefficient (Wildman–Crippen LogP) is 3.47. The molecule has 3 aromatic carbocycles. The van der Waals surface area contributed by atoms with Crippen LogP contribution in [-0.2, 0) is 6.54 Å². The average Bonchev–Trinajstić information content (AvgIpc) is 3.28. The second kappa shape index (κ2) is 8.82. The zero-order chi connectivity index (χ0) is 22.8. The van der Waals surface area contributed by atoms with Crippen molar-refractivity contribution in [2.24, 2.45) is 0 Å². The number of phenols is 1. The van der Waals surface area contributed by atoms with Gasteiger partial charge >= 0.3 is 6.03 Å². The van der Waals surface area contributed by atoms with Crippen LogP contribution in [0, 0.1) is 6.92 Å². The number of rotatable bonds is 4. The van der Waals surface area contributed by atoms with E-state index in [2.05, 4.69) is 44.8 Å². The fourth-order valence-corrected chi connectivity index (χ4v) is 4.26. The summed E-state index contributed by atoms with van der Waals surface area (Å²) >= 11 is 0. The molecule has 2 N–H and O–H groups in total. The standard InChI is InChI=1S/C25H26N6O2/c1-18-17-31(28-27-18)23-10-9-21(15-24(23)32)29-11-13-30(14-12-29)25(33)26-16-20-7-4-6-19-5-2-3-8-22(19)20/h2-10,15,17,32H,11-14,16H2,1H3,(H,26,33). The maximum atomic E-state index is 12.7. The number of aromatic nitrogens is 3. The van der Waals surface area contributed by atoms with Crippen molar-refractivity contribution >= 4 is 22.5 Å². The van der Waals surface area contributed by atoms with Crippen molar-refractivity contribution in [3.8, 4) is 11.4 Å². The summed E-state index contributed by atoms with van der Waals surface area (Å²) < 4.78 is 1.56. The van der Waals surface area contributed by atoms with Gasteiger partial charge in [-0.25, -0.2) is 9.48 Å². The molecule has 5 rings (SSSR count). The van der Waals surface area contributed by atoms with Gasteiger partial charge < -0.3 is 20.2 Å². The van der Waals surface area contributed by atoms with Crippen LogP contribution >= 0.6 is 0 Å². The normalized spacial score (nSPS) is 14.0. The Bertz CT molecular complexity index is 1290. The molecule has 0 spiro atoms. The average molecular weight is 443 g/mol. The minimum absolute atomic E-state index is 0.0534. The lowest BCUT2D eigenvalue weighted by Gasteiger charge is -2.36. The molecule has 1 aromatic heterocycles. The Kier molecular flexibility index (Phi) is 5.56. The van der Waals surface area contributed by atoms with Gasteiger partial charge in [-0.2, -0.15) is 0 Å². The fraction of sp³-hybridized carbons (Fsp3) is 0.240. The molecule has 1 fully saturated rings. The van der Waals surface area contributed by atoms with Crippen LogP contribution in [0.3, 0.4) is 0 Å². The molecular formula is C25H26N6O2. The number of amides is 2. The van der Waals surface area contributed by atoms with Crippen molar-refractivity contribution in [3.63, 3.8) is 0 Å². The first-order chi connectivity index (χ1) is 16.1. The second-order valence-electron chi connectivity index (χ2n) is 8.25. The molecule has 0 atom stereocenters. The van der Waals surface area contributed by atoms with Crippen LogP contribution in [0.2, 0.25) is 0 Å². The monoisotopic (exact) mass is 442 g/mol. The van der Waals surface area contributed by atoms with E-state index < -0.39 is 0 Å². The van der Waals surface area contributed by atoms with Crippen molar-refractivity contribution in [2.75, 3.05) is 31.1 Å². The first-order valence-corrected chi connectivity index (χ1v) is 11.1. The molecule has 1 aliphatic rings. The molecular weight excluding hydrogens is 416 g/mol. The van der Waals surface area contributed by atoms with Gasteiger partial charge in [0.15, 0.2) is 0 Å². The number of phenolic OH excluding ortho intramolecular Hbond substituents is 1. The summed E-state index contributed by atoms with van der Waals surface area (Å²) in [4.78, 5) is 16.8. The third kappa shape index (κ3) is 4.32. The SMILES string of the molecule is Cc1cn(-c2ccc(N3CCN(C(=O)NCc4cccc5ccccc45)CC3)cc2O)nn1. The number of carbonyl (C=O) groups excluding carboxylic acids is 1. The Hall–Kier alpha value is -4.07. The third-order valence-electron chi connectivity index (χ3n) is 6.06. The molecule has 2 heterocycles. The van der Waals surface area contributed by atoms with Crippen molar-refractivity contribution < 1.29 is 9.90 Å². The Morgan fingerprint density at radius 1 is 1.03 bits per heavy atom. The highest BCUT2D eigenvalue weighted by Crippen LogP contribution is 2.28. The number of piperazine rings is 1. The number of carbonyl (C=O) groups is 1. The van der Waals surface area contributed by atoms with Gasteiger partial charge in [0.1, 0.15) is 11.4 Å². The van der Waals surface area contributed by atoms with Crippen LogP contribution in [0.4, 0.5) is 10.5 Å². The Morgan fingerprint density at radius 3 is 2.58 bits per heavy atom. The number of hydrogen-bond donors (Lipinski definition) is 2. The van der Waals surface area contributed by atoms with Crippen molar-refractivity contribution in [1.82, 2.24) is 25.2 Å². The van der Waals surface area contributed by atoms with E-state index in [0.29, 0.717) is 38.4 Å². The lowest BCUT2D eigenvalue weighted by Crippen LogP contribution is -2.51. The van der Waals surface area contributed by atoms with E-state index in [1.165, 1.54) is 5.39 Å². The Morgan fingerprint density at radius 2 is 1.82 bits per heavy atom. The largest absolute Gasteiger partial charge is 0.506 e. The second-order valence-corrected chi connectivity index (χ2v) is 8.25. The molecule has 1 saturated heterocycles. The van der Waals surface area contributed by atoms with Crippen LogP contribution in [0.25, 0.3) is 16.5 Å². The summed E-state index contributed by atoms with van der Waals surface area (Å²) in [7, 11) is 0. The molecule has 0 saturated carbocycles. The van der Waals surface area contributed by atoms with Gasteiger partial charge in [0.05, 0.1) is 11.9 Å². The Balaban J connectivity index is 1.18. The zero-order valence-electron chi connectivity index (χ0n) is 18.5. The van der Waals surface area contributed by atoms with E-state index in [9.17, 15) is 9.90 Å². The first kappa shape index (κ1) is 20.8. The maximum absolute atomic E-state index is 12.7. The van der Waals surface area contributed by atoms with Crippen LogP contribution in [0.15, 0.2) is 66.9 Å². The molecule has 168 valence electrons. The van der Waals surface area contributed by atoms with Gasteiger partial charge in [-0.3, -0.25) is 0 Å². The molecule has 8 nitrogen and oxygen atoms in total. The maximum Gasteiger partial charge on any atom is 0.317 e. The van der Waals surface area contributed by atoms with Gasteiger partial charge in [-0.1, -0.05) is 47.7 Å². The molecule has 2 amide bonds. The van der Waals surface area contributed by atoms with Crippen LogP contribution in [0.1, 0.15) is 11.3 Å². The van der Waals surface area contributed by atoms with Crippen LogP contribution < -0.4 is 10.2 Å². The van der Waals surface area contributed by atoms with E-state index in [1.807, 2.05) is 42.2 Å². The Labute approximate surface area is 192 Å². The third-order valence-corrected chi connectivity index (χ3v) is 6.06. The minimum atomic E-state index is -0.0534.